The smallest absolute Gasteiger partial charge is 0.261 e. The van der Waals surface area contributed by atoms with E-state index < -0.39 is 8.32 Å². The van der Waals surface area contributed by atoms with Crippen LogP contribution in [-0.4, -0.2) is 45.0 Å². The summed E-state index contributed by atoms with van der Waals surface area (Å²) in [6, 6.07) is 22.2. The molecule has 0 aromatic heterocycles. The van der Waals surface area contributed by atoms with Crippen LogP contribution in [0.25, 0.3) is 0 Å². The molecule has 4 rings (SSSR count). The Morgan fingerprint density at radius 3 is 2.02 bits per heavy atom. The molecule has 1 saturated carbocycles. The van der Waals surface area contributed by atoms with Gasteiger partial charge in [0.25, 0.3) is 8.32 Å². The van der Waals surface area contributed by atoms with Crippen molar-refractivity contribution in [3.63, 3.8) is 0 Å². The Balaban J connectivity index is 1.24. The highest BCUT2D eigenvalue weighted by Crippen LogP contribution is 2.46. The van der Waals surface area contributed by atoms with E-state index in [1.165, 1.54) is 38.6 Å². The van der Waals surface area contributed by atoms with Crippen LogP contribution in [0.5, 0.6) is 0 Å². The summed E-state index contributed by atoms with van der Waals surface area (Å²) in [5, 5.41) is 4.04. The summed E-state index contributed by atoms with van der Waals surface area (Å²) in [5.41, 5.74) is 4.31. The molecule has 0 amide bonds. The molecule has 3 atom stereocenters. The lowest BCUT2D eigenvalue weighted by atomic mass is 10.1. The summed E-state index contributed by atoms with van der Waals surface area (Å²) < 4.78 is 13.3. The number of hydrogen-bond acceptors (Lipinski definition) is 4. The number of ether oxygens (including phenoxy) is 1. The lowest BCUT2D eigenvalue weighted by Crippen LogP contribution is -2.66. The van der Waals surface area contributed by atoms with Crippen LogP contribution in [0.3, 0.4) is 0 Å². The molecule has 3 nitrogen and oxygen atoms in total. The van der Waals surface area contributed by atoms with Gasteiger partial charge in [0.15, 0.2) is 0 Å². The Morgan fingerprint density at radius 1 is 0.841 bits per heavy atom. The van der Waals surface area contributed by atoms with E-state index in [1.807, 2.05) is 11.8 Å². The molecule has 1 fully saturated rings. The molecule has 238 valence electrons. The Labute approximate surface area is 273 Å². The number of allylic oxidation sites excluding steroid dienone is 5. The van der Waals surface area contributed by atoms with Gasteiger partial charge in [-0.1, -0.05) is 116 Å². The SMILES string of the molecule is CC(C)=CCC/C(C)=C/CC/C(C)=C/COC[C@@H]1CSC([C@@H]2C[C@@H]2CO[Si](c2ccccc2)(c2ccccc2)C(C)(C)C)=N1. The normalized spacial score (nSPS) is 20.9. The van der Waals surface area contributed by atoms with Gasteiger partial charge in [-0.2, -0.15) is 0 Å². The average molecular weight is 630 g/mol. The first kappa shape index (κ1) is 34.7. The highest BCUT2D eigenvalue weighted by Gasteiger charge is 2.52. The number of thioether (sulfide) groups is 1. The zero-order chi connectivity index (χ0) is 31.6. The van der Waals surface area contributed by atoms with E-state index in [9.17, 15) is 0 Å². The third-order valence-electron chi connectivity index (χ3n) is 8.89. The van der Waals surface area contributed by atoms with Crippen LogP contribution in [0.4, 0.5) is 0 Å². The van der Waals surface area contributed by atoms with Gasteiger partial charge in [-0.3, -0.25) is 4.99 Å². The molecule has 0 saturated heterocycles. The quantitative estimate of drug-likeness (QED) is 0.105. The second-order valence-electron chi connectivity index (χ2n) is 14.0. The van der Waals surface area contributed by atoms with Crippen molar-refractivity contribution < 1.29 is 9.16 Å². The summed E-state index contributed by atoms with van der Waals surface area (Å²) in [7, 11) is -2.49. The van der Waals surface area contributed by atoms with Gasteiger partial charge in [0.05, 0.1) is 24.3 Å². The molecule has 0 N–H and O–H groups in total. The van der Waals surface area contributed by atoms with Crippen LogP contribution in [0, 0.1) is 11.8 Å². The number of aliphatic imine (C=N–C) groups is 1. The van der Waals surface area contributed by atoms with Crippen LogP contribution in [0.15, 0.2) is 101 Å². The van der Waals surface area contributed by atoms with E-state index in [0.29, 0.717) is 25.0 Å². The van der Waals surface area contributed by atoms with Gasteiger partial charge in [-0.25, -0.2) is 0 Å². The molecule has 2 aromatic carbocycles. The highest BCUT2D eigenvalue weighted by atomic mass is 32.2. The monoisotopic (exact) mass is 629 g/mol. The van der Waals surface area contributed by atoms with Crippen molar-refractivity contribution in [1.82, 2.24) is 0 Å². The van der Waals surface area contributed by atoms with Crippen molar-refractivity contribution in [2.75, 3.05) is 25.6 Å². The molecule has 2 aliphatic rings. The lowest BCUT2D eigenvalue weighted by Gasteiger charge is -2.43. The molecule has 0 radical (unpaired) electrons. The number of hydrogen-bond donors (Lipinski definition) is 0. The van der Waals surface area contributed by atoms with Crippen molar-refractivity contribution in [3.8, 4) is 0 Å². The zero-order valence-electron chi connectivity index (χ0n) is 28.3. The first-order chi connectivity index (χ1) is 21.1. The summed E-state index contributed by atoms with van der Waals surface area (Å²) in [6.45, 7) is 18.1. The first-order valence-corrected chi connectivity index (χ1v) is 19.5. The van der Waals surface area contributed by atoms with E-state index in [-0.39, 0.29) is 11.1 Å². The topological polar surface area (TPSA) is 30.8 Å². The minimum atomic E-state index is -2.49. The molecule has 1 aliphatic carbocycles. The summed E-state index contributed by atoms with van der Waals surface area (Å²) in [5.74, 6) is 2.13. The van der Waals surface area contributed by atoms with Crippen LogP contribution >= 0.6 is 11.8 Å². The van der Waals surface area contributed by atoms with Crippen LogP contribution in [0.1, 0.15) is 80.6 Å². The van der Waals surface area contributed by atoms with Crippen LogP contribution in [0.2, 0.25) is 5.04 Å². The van der Waals surface area contributed by atoms with Crippen LogP contribution < -0.4 is 10.4 Å². The number of nitrogens with zero attached hydrogens (tertiary/aromatic N) is 1. The fraction of sp³-hybridized carbons (Fsp3) is 0.513. The Morgan fingerprint density at radius 2 is 1.43 bits per heavy atom. The van der Waals surface area contributed by atoms with Crippen molar-refractivity contribution >= 4 is 35.5 Å². The fourth-order valence-corrected chi connectivity index (χ4v) is 12.1. The van der Waals surface area contributed by atoms with Crippen molar-refractivity contribution in [3.05, 3.63) is 95.6 Å². The maximum atomic E-state index is 7.21. The summed E-state index contributed by atoms with van der Waals surface area (Å²) >= 11 is 1.94. The van der Waals surface area contributed by atoms with E-state index in [4.69, 9.17) is 14.2 Å². The first-order valence-electron chi connectivity index (χ1n) is 16.6. The van der Waals surface area contributed by atoms with Crippen molar-refractivity contribution in [1.29, 1.82) is 0 Å². The van der Waals surface area contributed by atoms with E-state index in [2.05, 4.69) is 127 Å². The van der Waals surface area contributed by atoms with E-state index in [1.54, 1.807) is 0 Å². The molecule has 1 aliphatic heterocycles. The Bertz CT molecular complexity index is 1270. The second kappa shape index (κ2) is 16.4. The van der Waals surface area contributed by atoms with Gasteiger partial charge >= 0.3 is 0 Å². The highest BCUT2D eigenvalue weighted by molar-refractivity contribution is 8.14. The number of benzene rings is 2. The van der Waals surface area contributed by atoms with Gasteiger partial charge < -0.3 is 9.16 Å². The molecule has 0 spiro atoms. The van der Waals surface area contributed by atoms with E-state index in [0.717, 1.165) is 38.0 Å². The minimum absolute atomic E-state index is 0.00985. The molecular formula is C39H55NO2SSi. The molecule has 1 heterocycles. The third kappa shape index (κ3) is 9.66. The largest absolute Gasteiger partial charge is 0.407 e. The maximum absolute atomic E-state index is 7.21. The predicted molar refractivity (Wildman–Crippen MR) is 195 cm³/mol. The summed E-state index contributed by atoms with van der Waals surface area (Å²) in [6.07, 6.45) is 12.7. The molecular weight excluding hydrogens is 575 g/mol. The molecule has 44 heavy (non-hydrogen) atoms. The fourth-order valence-electron chi connectivity index (χ4n) is 6.20. The Hall–Kier alpha value is -2.18. The van der Waals surface area contributed by atoms with Gasteiger partial charge in [-0.05, 0) is 81.1 Å². The van der Waals surface area contributed by atoms with Gasteiger partial charge in [0.1, 0.15) is 0 Å². The Kier molecular flexibility index (Phi) is 12.9. The molecule has 5 heteroatoms. The molecule has 0 unspecified atom stereocenters. The number of rotatable bonds is 16. The molecule has 2 aromatic rings. The minimum Gasteiger partial charge on any atom is -0.407 e. The maximum Gasteiger partial charge on any atom is 0.261 e. The third-order valence-corrected chi connectivity index (χ3v) is 15.1. The summed E-state index contributed by atoms with van der Waals surface area (Å²) in [4.78, 5) is 5.11. The van der Waals surface area contributed by atoms with Crippen molar-refractivity contribution in [2.24, 2.45) is 16.8 Å². The zero-order valence-corrected chi connectivity index (χ0v) is 30.1. The average Bonchev–Trinajstić information content (AvgIpc) is 3.62. The second-order valence-corrected chi connectivity index (χ2v) is 19.4. The van der Waals surface area contributed by atoms with E-state index >= 15 is 0 Å². The van der Waals surface area contributed by atoms with Gasteiger partial charge in [-0.15, -0.1) is 11.8 Å². The predicted octanol–water partition coefficient (Wildman–Crippen LogP) is 9.15. The van der Waals surface area contributed by atoms with Gasteiger partial charge in [0.2, 0.25) is 0 Å². The van der Waals surface area contributed by atoms with Crippen molar-refractivity contribution in [2.45, 2.75) is 91.7 Å². The molecule has 0 bridgehead atoms. The van der Waals surface area contributed by atoms with Gasteiger partial charge in [0, 0.05) is 18.3 Å². The lowest BCUT2D eigenvalue weighted by molar-refractivity contribution is 0.152. The standard InChI is InChI=1S/C39H55NO2SSi/c1-30(2)16-14-17-31(3)18-15-19-32(4)24-25-41-28-34-29-43-38(40-34)37-26-33(37)27-42-44(39(5,6)7,35-20-10-8-11-21-35)36-22-12-9-13-23-36/h8-13,16,18,20-24,33-34,37H,14-15,17,19,25-29H2,1-7H3/b31-18+,32-24+/t33-,34-,37-/m1/s1. The van der Waals surface area contributed by atoms with Crippen LogP contribution in [-0.2, 0) is 9.16 Å².